The van der Waals surface area contributed by atoms with Gasteiger partial charge in [0.1, 0.15) is 5.75 Å². The Morgan fingerprint density at radius 1 is 1.44 bits per heavy atom. The van der Waals surface area contributed by atoms with Crippen LogP contribution < -0.4 is 14.8 Å². The highest BCUT2D eigenvalue weighted by Gasteiger charge is 2.23. The predicted molar refractivity (Wildman–Crippen MR) is 56.7 cm³/mol. The fourth-order valence-electron chi connectivity index (χ4n) is 1.43. The summed E-state index contributed by atoms with van der Waals surface area (Å²) in [6.45, 7) is -0.0434. The van der Waals surface area contributed by atoms with Crippen LogP contribution in [0.5, 0.6) is 5.75 Å². The normalized spacial score (nSPS) is 15.6. The summed E-state index contributed by atoms with van der Waals surface area (Å²) < 4.78 is 27.4. The number of rotatable bonds is 1. The zero-order valence-corrected chi connectivity index (χ0v) is 9.32. The van der Waals surface area contributed by atoms with Crippen molar-refractivity contribution in [3.63, 3.8) is 0 Å². The summed E-state index contributed by atoms with van der Waals surface area (Å²) in [5.74, 6) is 0.230. The highest BCUT2D eigenvalue weighted by atomic mass is 32.2. The van der Waals surface area contributed by atoms with Crippen molar-refractivity contribution in [3.8, 4) is 5.75 Å². The number of fused-ring (bicyclic) bond motifs is 1. The molecule has 2 N–H and O–H groups in total. The third kappa shape index (κ3) is 1.74. The van der Waals surface area contributed by atoms with E-state index in [1.54, 1.807) is 7.05 Å². The highest BCUT2D eigenvalue weighted by molar-refractivity contribution is 7.89. The minimum atomic E-state index is -3.77. The van der Waals surface area contributed by atoms with Gasteiger partial charge < -0.3 is 9.64 Å². The molecule has 2 rings (SSSR count). The van der Waals surface area contributed by atoms with E-state index in [1.807, 2.05) is 0 Å². The molecule has 7 heteroatoms. The molecule has 1 aliphatic rings. The number of carbonyl (C=O) groups is 1. The van der Waals surface area contributed by atoms with Crippen molar-refractivity contribution in [2.75, 3.05) is 18.6 Å². The number of ether oxygens (including phenoxy) is 1. The fraction of sp³-hybridized carbons (Fsp3) is 0.222. The molecule has 86 valence electrons. The molecule has 1 aliphatic heterocycles. The van der Waals surface area contributed by atoms with Crippen molar-refractivity contribution >= 4 is 21.6 Å². The van der Waals surface area contributed by atoms with E-state index >= 15 is 0 Å². The van der Waals surface area contributed by atoms with Crippen LogP contribution >= 0.6 is 0 Å². The lowest BCUT2D eigenvalue weighted by Gasteiger charge is -2.26. The first kappa shape index (κ1) is 10.9. The molecule has 1 aromatic carbocycles. The van der Waals surface area contributed by atoms with Crippen molar-refractivity contribution in [2.45, 2.75) is 4.90 Å². The summed E-state index contributed by atoms with van der Waals surface area (Å²) in [5, 5.41) is 5.00. The zero-order chi connectivity index (χ0) is 11.9. The summed E-state index contributed by atoms with van der Waals surface area (Å²) in [4.78, 5) is 12.6. The molecule has 0 spiro atoms. The second-order valence-corrected chi connectivity index (χ2v) is 4.98. The van der Waals surface area contributed by atoms with Crippen LogP contribution in [0.1, 0.15) is 0 Å². The van der Waals surface area contributed by atoms with Crippen LogP contribution in [0.4, 0.5) is 5.69 Å². The van der Waals surface area contributed by atoms with E-state index in [0.29, 0.717) is 11.4 Å². The van der Waals surface area contributed by atoms with Gasteiger partial charge in [-0.3, -0.25) is 4.79 Å². The van der Waals surface area contributed by atoms with Crippen LogP contribution in [0.3, 0.4) is 0 Å². The fourth-order valence-corrected chi connectivity index (χ4v) is 1.96. The number of amides is 1. The van der Waals surface area contributed by atoms with Gasteiger partial charge in [0.25, 0.3) is 5.91 Å². The number of nitrogens with zero attached hydrogens (tertiary/aromatic N) is 1. The molecule has 0 aromatic heterocycles. The number of benzene rings is 1. The van der Waals surface area contributed by atoms with Gasteiger partial charge >= 0.3 is 0 Å². The number of carbonyl (C=O) groups excluding carboxylic acids is 1. The molecule has 0 saturated carbocycles. The Morgan fingerprint density at radius 2 is 2.12 bits per heavy atom. The van der Waals surface area contributed by atoms with Gasteiger partial charge in [-0.1, -0.05) is 0 Å². The van der Waals surface area contributed by atoms with Crippen molar-refractivity contribution in [1.82, 2.24) is 0 Å². The third-order valence-corrected chi connectivity index (χ3v) is 3.26. The molecule has 0 fully saturated rings. The number of hydrogen-bond donors (Lipinski definition) is 1. The van der Waals surface area contributed by atoms with Crippen molar-refractivity contribution in [3.05, 3.63) is 18.2 Å². The van der Waals surface area contributed by atoms with Crippen LogP contribution in [-0.4, -0.2) is 28.0 Å². The van der Waals surface area contributed by atoms with E-state index in [0.717, 1.165) is 0 Å². The predicted octanol–water partition coefficient (Wildman–Crippen LogP) is -0.311. The Kier molecular flexibility index (Phi) is 2.36. The largest absolute Gasteiger partial charge is 0.482 e. The SMILES string of the molecule is CN1C(=O)COc2ccc(S(N)(=O)=O)cc21. The first-order valence-electron chi connectivity index (χ1n) is 4.46. The summed E-state index contributed by atoms with van der Waals surface area (Å²) in [5.41, 5.74) is 0.405. The van der Waals surface area contributed by atoms with E-state index in [2.05, 4.69) is 0 Å². The highest BCUT2D eigenvalue weighted by Crippen LogP contribution is 2.32. The average Bonchev–Trinajstić information content (AvgIpc) is 2.22. The molecule has 0 atom stereocenters. The van der Waals surface area contributed by atoms with Crippen LogP contribution in [0, 0.1) is 0 Å². The number of nitrogens with two attached hydrogens (primary N) is 1. The first-order chi connectivity index (χ1) is 7.39. The third-order valence-electron chi connectivity index (χ3n) is 2.35. The smallest absolute Gasteiger partial charge is 0.264 e. The zero-order valence-electron chi connectivity index (χ0n) is 8.50. The monoisotopic (exact) mass is 242 g/mol. The molecule has 16 heavy (non-hydrogen) atoms. The summed E-state index contributed by atoms with van der Waals surface area (Å²) in [6, 6.07) is 4.15. The van der Waals surface area contributed by atoms with Gasteiger partial charge in [-0.05, 0) is 18.2 Å². The number of likely N-dealkylation sites (N-methyl/N-ethyl adjacent to an activating group) is 1. The lowest BCUT2D eigenvalue weighted by Crippen LogP contribution is -2.35. The molecule has 0 aliphatic carbocycles. The Labute approximate surface area is 92.7 Å². The standard InChI is InChI=1S/C9H10N2O4S/c1-11-7-4-6(16(10,13)14)2-3-8(7)15-5-9(11)12/h2-4H,5H2,1H3,(H2,10,13,14). The summed E-state index contributed by atoms with van der Waals surface area (Å²) >= 11 is 0. The average molecular weight is 242 g/mol. The molecule has 1 amide bonds. The van der Waals surface area contributed by atoms with Gasteiger partial charge in [0.05, 0.1) is 10.6 Å². The molecule has 0 saturated heterocycles. The molecule has 0 radical (unpaired) electrons. The number of anilines is 1. The molecular formula is C9H10N2O4S. The van der Waals surface area contributed by atoms with E-state index in [9.17, 15) is 13.2 Å². The van der Waals surface area contributed by atoms with E-state index in [4.69, 9.17) is 9.88 Å². The Balaban J connectivity index is 2.57. The molecule has 6 nitrogen and oxygen atoms in total. The van der Waals surface area contributed by atoms with Gasteiger partial charge in [0.2, 0.25) is 10.0 Å². The minimum absolute atomic E-state index is 0.0434. The number of hydrogen-bond acceptors (Lipinski definition) is 4. The van der Waals surface area contributed by atoms with E-state index in [1.165, 1.54) is 23.1 Å². The van der Waals surface area contributed by atoms with Crippen LogP contribution in [-0.2, 0) is 14.8 Å². The maximum absolute atomic E-state index is 11.3. The Hall–Kier alpha value is -1.60. The quantitative estimate of drug-likeness (QED) is 0.731. The summed E-state index contributed by atoms with van der Waals surface area (Å²) in [7, 11) is -2.22. The second-order valence-electron chi connectivity index (χ2n) is 3.42. The molecule has 0 bridgehead atoms. The lowest BCUT2D eigenvalue weighted by atomic mass is 10.2. The van der Waals surface area contributed by atoms with Crippen LogP contribution in [0.2, 0.25) is 0 Å². The van der Waals surface area contributed by atoms with Crippen molar-refractivity contribution in [2.24, 2.45) is 5.14 Å². The second kappa shape index (κ2) is 3.46. The lowest BCUT2D eigenvalue weighted by molar-refractivity contribution is -0.120. The topological polar surface area (TPSA) is 89.7 Å². The molecule has 1 heterocycles. The maximum Gasteiger partial charge on any atom is 0.264 e. The molecular weight excluding hydrogens is 232 g/mol. The van der Waals surface area contributed by atoms with Gasteiger partial charge in [-0.15, -0.1) is 0 Å². The van der Waals surface area contributed by atoms with Gasteiger partial charge in [-0.2, -0.15) is 0 Å². The Bertz CT molecular complexity index is 553. The minimum Gasteiger partial charge on any atom is -0.482 e. The van der Waals surface area contributed by atoms with Crippen molar-refractivity contribution < 1.29 is 17.9 Å². The number of primary sulfonamides is 1. The Morgan fingerprint density at radius 3 is 2.75 bits per heavy atom. The maximum atomic E-state index is 11.3. The van der Waals surface area contributed by atoms with Gasteiger partial charge in [0, 0.05) is 7.05 Å². The first-order valence-corrected chi connectivity index (χ1v) is 6.00. The van der Waals surface area contributed by atoms with E-state index in [-0.39, 0.29) is 17.4 Å². The van der Waals surface area contributed by atoms with Crippen LogP contribution in [0.25, 0.3) is 0 Å². The summed E-state index contributed by atoms with van der Waals surface area (Å²) in [6.07, 6.45) is 0. The van der Waals surface area contributed by atoms with Crippen molar-refractivity contribution in [1.29, 1.82) is 0 Å². The molecule has 0 unspecified atom stereocenters. The van der Waals surface area contributed by atoms with Gasteiger partial charge in [0.15, 0.2) is 6.61 Å². The number of sulfonamides is 1. The van der Waals surface area contributed by atoms with E-state index < -0.39 is 10.0 Å². The molecule has 1 aromatic rings. The van der Waals surface area contributed by atoms with Crippen LogP contribution in [0.15, 0.2) is 23.1 Å². The van der Waals surface area contributed by atoms with Gasteiger partial charge in [-0.25, -0.2) is 13.6 Å².